The molecule has 0 aliphatic heterocycles. The van der Waals surface area contributed by atoms with Crippen LogP contribution in [0.4, 0.5) is 0 Å². The molecule has 2 aromatic heterocycles. The van der Waals surface area contributed by atoms with Gasteiger partial charge in [0.05, 0.1) is 5.52 Å². The zero-order valence-electron chi connectivity index (χ0n) is 9.49. The zero-order chi connectivity index (χ0) is 11.5. The number of nitrogens with zero attached hydrogens (tertiary/aromatic N) is 3. The van der Waals surface area contributed by atoms with E-state index in [1.54, 1.807) is 0 Å². The van der Waals surface area contributed by atoms with Gasteiger partial charge in [-0.15, -0.1) is 0 Å². The van der Waals surface area contributed by atoms with Gasteiger partial charge in [-0.1, -0.05) is 6.07 Å². The molecule has 0 radical (unpaired) electrons. The summed E-state index contributed by atoms with van der Waals surface area (Å²) in [7, 11) is 1.91. The van der Waals surface area contributed by atoms with E-state index >= 15 is 0 Å². The smallest absolute Gasteiger partial charge is 0.166 e. The number of nitriles is 1. The highest BCUT2D eigenvalue weighted by Crippen LogP contribution is 2.14. The lowest BCUT2D eigenvalue weighted by Crippen LogP contribution is -2.12. The van der Waals surface area contributed by atoms with Gasteiger partial charge in [-0.25, -0.2) is 4.98 Å². The van der Waals surface area contributed by atoms with Gasteiger partial charge < -0.3 is 9.72 Å². The van der Waals surface area contributed by atoms with Crippen LogP contribution in [0.5, 0.6) is 0 Å². The molecule has 1 N–H and O–H groups in total. The maximum atomic E-state index is 9.00. The number of hydrogen-bond donors (Lipinski definition) is 1. The van der Waals surface area contributed by atoms with Crippen molar-refractivity contribution in [2.24, 2.45) is 0 Å². The minimum Gasteiger partial charge on any atom is -0.319 e. The van der Waals surface area contributed by atoms with Crippen LogP contribution in [0.15, 0.2) is 18.3 Å². The topological polar surface area (TPSA) is 53.1 Å². The maximum Gasteiger partial charge on any atom is 0.166 e. The SMILES string of the molecule is CNCCc1nc(C#N)c2ccc(C)cn12. The number of aromatic nitrogens is 2. The van der Waals surface area contributed by atoms with E-state index < -0.39 is 0 Å². The van der Waals surface area contributed by atoms with Gasteiger partial charge in [0, 0.05) is 19.2 Å². The highest BCUT2D eigenvalue weighted by Gasteiger charge is 2.09. The minimum atomic E-state index is 0.506. The lowest BCUT2D eigenvalue weighted by Gasteiger charge is -2.01. The molecule has 0 fully saturated rings. The van der Waals surface area contributed by atoms with Gasteiger partial charge in [-0.05, 0) is 25.6 Å². The van der Waals surface area contributed by atoms with Crippen molar-refractivity contribution >= 4 is 5.52 Å². The van der Waals surface area contributed by atoms with Gasteiger partial charge in [-0.2, -0.15) is 5.26 Å². The van der Waals surface area contributed by atoms with Crippen molar-refractivity contribution in [1.82, 2.24) is 14.7 Å². The first-order valence-electron chi connectivity index (χ1n) is 5.28. The number of rotatable bonds is 3. The molecule has 4 nitrogen and oxygen atoms in total. The summed E-state index contributed by atoms with van der Waals surface area (Å²) < 4.78 is 2.01. The van der Waals surface area contributed by atoms with Gasteiger partial charge >= 0.3 is 0 Å². The molecular weight excluding hydrogens is 200 g/mol. The fourth-order valence-corrected chi connectivity index (χ4v) is 1.75. The Balaban J connectivity index is 2.56. The first-order chi connectivity index (χ1) is 7.76. The Morgan fingerprint density at radius 2 is 2.31 bits per heavy atom. The molecule has 0 saturated carbocycles. The number of nitrogens with one attached hydrogen (secondary N) is 1. The molecular formula is C12H14N4. The van der Waals surface area contributed by atoms with Crippen molar-refractivity contribution in [2.75, 3.05) is 13.6 Å². The third kappa shape index (κ3) is 1.77. The largest absolute Gasteiger partial charge is 0.319 e. The predicted molar refractivity (Wildman–Crippen MR) is 62.3 cm³/mol. The van der Waals surface area contributed by atoms with Crippen molar-refractivity contribution in [3.63, 3.8) is 0 Å². The van der Waals surface area contributed by atoms with Crippen LogP contribution in [-0.2, 0) is 6.42 Å². The molecule has 16 heavy (non-hydrogen) atoms. The molecule has 0 bridgehead atoms. The summed E-state index contributed by atoms with van der Waals surface area (Å²) in [6.45, 7) is 2.89. The van der Waals surface area contributed by atoms with Crippen LogP contribution in [0.1, 0.15) is 17.1 Å². The minimum absolute atomic E-state index is 0.506. The molecule has 0 aliphatic carbocycles. The molecule has 4 heteroatoms. The zero-order valence-corrected chi connectivity index (χ0v) is 9.49. The molecule has 82 valence electrons. The van der Waals surface area contributed by atoms with Crippen molar-refractivity contribution < 1.29 is 0 Å². The van der Waals surface area contributed by atoms with Gasteiger partial charge in [-0.3, -0.25) is 0 Å². The summed E-state index contributed by atoms with van der Waals surface area (Å²) in [6, 6.07) is 6.08. The van der Waals surface area contributed by atoms with E-state index in [0.717, 1.165) is 24.3 Å². The highest BCUT2D eigenvalue weighted by atomic mass is 15.0. The van der Waals surface area contributed by atoms with Crippen LogP contribution < -0.4 is 5.32 Å². The van der Waals surface area contributed by atoms with Gasteiger partial charge in [0.15, 0.2) is 5.69 Å². The van der Waals surface area contributed by atoms with E-state index in [4.69, 9.17) is 5.26 Å². The summed E-state index contributed by atoms with van der Waals surface area (Å²) >= 11 is 0. The Labute approximate surface area is 94.5 Å². The summed E-state index contributed by atoms with van der Waals surface area (Å²) in [5, 5.41) is 12.1. The van der Waals surface area contributed by atoms with Crippen molar-refractivity contribution in [2.45, 2.75) is 13.3 Å². The number of fused-ring (bicyclic) bond motifs is 1. The molecule has 0 aromatic carbocycles. The molecule has 0 aliphatic rings. The average molecular weight is 214 g/mol. The Hall–Kier alpha value is -1.86. The van der Waals surface area contributed by atoms with Gasteiger partial charge in [0.25, 0.3) is 0 Å². The van der Waals surface area contributed by atoms with E-state index in [1.807, 2.05) is 36.7 Å². The Bertz CT molecular complexity index is 548. The predicted octanol–water partition coefficient (Wildman–Crippen LogP) is 1.28. The summed E-state index contributed by atoms with van der Waals surface area (Å²) in [6.07, 6.45) is 2.84. The van der Waals surface area contributed by atoms with Gasteiger partial charge in [0.2, 0.25) is 0 Å². The van der Waals surface area contributed by atoms with E-state index in [1.165, 1.54) is 5.56 Å². The summed E-state index contributed by atoms with van der Waals surface area (Å²) in [4.78, 5) is 4.35. The van der Waals surface area contributed by atoms with Crippen LogP contribution in [0, 0.1) is 18.3 Å². The number of likely N-dealkylation sites (N-methyl/N-ethyl adjacent to an activating group) is 1. The van der Waals surface area contributed by atoms with E-state index in [-0.39, 0.29) is 0 Å². The van der Waals surface area contributed by atoms with Crippen LogP contribution in [-0.4, -0.2) is 23.0 Å². The van der Waals surface area contributed by atoms with Crippen molar-refractivity contribution in [3.05, 3.63) is 35.4 Å². The van der Waals surface area contributed by atoms with Crippen LogP contribution >= 0.6 is 0 Å². The van der Waals surface area contributed by atoms with Crippen LogP contribution in [0.25, 0.3) is 5.52 Å². The van der Waals surface area contributed by atoms with E-state index in [0.29, 0.717) is 5.69 Å². The third-order valence-electron chi connectivity index (χ3n) is 2.56. The molecule has 2 rings (SSSR count). The summed E-state index contributed by atoms with van der Waals surface area (Å²) in [5.41, 5.74) is 2.56. The molecule has 2 aromatic rings. The maximum absolute atomic E-state index is 9.00. The fourth-order valence-electron chi connectivity index (χ4n) is 1.75. The Morgan fingerprint density at radius 1 is 1.50 bits per heavy atom. The standard InChI is InChI=1S/C12H14N4/c1-9-3-4-11-10(7-13)15-12(5-6-14-2)16(11)8-9/h3-4,8,14H,5-6H2,1-2H3. The molecule has 0 saturated heterocycles. The average Bonchev–Trinajstić information content (AvgIpc) is 2.64. The van der Waals surface area contributed by atoms with Crippen molar-refractivity contribution in [1.29, 1.82) is 5.26 Å². The fraction of sp³-hybridized carbons (Fsp3) is 0.333. The Morgan fingerprint density at radius 3 is 3.00 bits per heavy atom. The first kappa shape index (κ1) is 10.7. The van der Waals surface area contributed by atoms with E-state index in [2.05, 4.69) is 16.4 Å². The van der Waals surface area contributed by atoms with E-state index in [9.17, 15) is 0 Å². The second-order valence-corrected chi connectivity index (χ2v) is 3.80. The first-order valence-corrected chi connectivity index (χ1v) is 5.28. The number of pyridine rings is 1. The second-order valence-electron chi connectivity index (χ2n) is 3.80. The van der Waals surface area contributed by atoms with Gasteiger partial charge in [0.1, 0.15) is 11.9 Å². The Kier molecular flexibility index (Phi) is 2.88. The van der Waals surface area contributed by atoms with Crippen LogP contribution in [0.2, 0.25) is 0 Å². The normalized spacial score (nSPS) is 10.6. The lowest BCUT2D eigenvalue weighted by molar-refractivity contribution is 0.752. The monoisotopic (exact) mass is 214 g/mol. The highest BCUT2D eigenvalue weighted by molar-refractivity contribution is 5.59. The molecule has 0 spiro atoms. The molecule has 2 heterocycles. The lowest BCUT2D eigenvalue weighted by atomic mass is 10.3. The second kappa shape index (κ2) is 4.33. The molecule has 0 amide bonds. The number of imidazole rings is 1. The van der Waals surface area contributed by atoms with Crippen LogP contribution in [0.3, 0.4) is 0 Å². The quantitative estimate of drug-likeness (QED) is 0.837. The molecule has 0 atom stereocenters. The summed E-state index contributed by atoms with van der Waals surface area (Å²) in [5.74, 6) is 0.935. The third-order valence-corrected chi connectivity index (χ3v) is 2.56. The van der Waals surface area contributed by atoms with Crippen molar-refractivity contribution in [3.8, 4) is 6.07 Å². The molecule has 0 unspecified atom stereocenters. The number of aryl methyl sites for hydroxylation is 1. The number of hydrogen-bond acceptors (Lipinski definition) is 3.